The summed E-state index contributed by atoms with van der Waals surface area (Å²) >= 11 is 0. The zero-order valence-corrected chi connectivity index (χ0v) is 10.6. The largest absolute Gasteiger partial charge is 0.508 e. The van der Waals surface area contributed by atoms with Crippen molar-refractivity contribution in [2.75, 3.05) is 5.32 Å². The van der Waals surface area contributed by atoms with Gasteiger partial charge in [0.2, 0.25) is 0 Å². The van der Waals surface area contributed by atoms with Crippen LogP contribution in [0.3, 0.4) is 0 Å². The maximum Gasteiger partial charge on any atom is 0.387 e. The molecular weight excluding hydrogens is 290 g/mol. The summed E-state index contributed by atoms with van der Waals surface area (Å²) in [6.45, 7) is -2.98. The predicted octanol–water partition coefficient (Wildman–Crippen LogP) is 3.88. The highest BCUT2D eigenvalue weighted by Crippen LogP contribution is 2.23. The molecule has 2 rings (SSSR count). The number of ether oxygens (including phenoxy) is 1. The van der Waals surface area contributed by atoms with E-state index in [0.717, 1.165) is 18.2 Å². The molecular formula is C14H11F4NO2. The Kier molecular flexibility index (Phi) is 4.52. The van der Waals surface area contributed by atoms with E-state index >= 15 is 0 Å². The van der Waals surface area contributed by atoms with Gasteiger partial charge in [0, 0.05) is 24.4 Å². The molecule has 0 aromatic heterocycles. The normalized spacial score (nSPS) is 10.7. The van der Waals surface area contributed by atoms with Gasteiger partial charge in [-0.3, -0.25) is 0 Å². The van der Waals surface area contributed by atoms with Crippen molar-refractivity contribution in [3.8, 4) is 11.5 Å². The van der Waals surface area contributed by atoms with E-state index in [1.165, 1.54) is 18.2 Å². The van der Waals surface area contributed by atoms with Crippen molar-refractivity contribution in [3.05, 3.63) is 53.6 Å². The quantitative estimate of drug-likeness (QED) is 0.823. The average Bonchev–Trinajstić information content (AvgIpc) is 2.38. The number of rotatable bonds is 5. The third kappa shape index (κ3) is 4.27. The van der Waals surface area contributed by atoms with Crippen molar-refractivity contribution in [2.24, 2.45) is 0 Å². The van der Waals surface area contributed by atoms with E-state index in [2.05, 4.69) is 10.1 Å². The lowest BCUT2D eigenvalue weighted by Gasteiger charge is -2.10. The fourth-order valence-electron chi connectivity index (χ4n) is 1.74. The molecule has 21 heavy (non-hydrogen) atoms. The number of phenolic OH excluding ortho intramolecular Hbond substituents is 1. The summed E-state index contributed by atoms with van der Waals surface area (Å²) in [6.07, 6.45) is 0. The zero-order valence-electron chi connectivity index (χ0n) is 10.6. The van der Waals surface area contributed by atoms with E-state index < -0.39 is 24.0 Å². The van der Waals surface area contributed by atoms with E-state index in [1.807, 2.05) is 0 Å². The van der Waals surface area contributed by atoms with Crippen molar-refractivity contribution in [1.82, 2.24) is 0 Å². The zero-order chi connectivity index (χ0) is 15.4. The molecule has 0 heterocycles. The van der Waals surface area contributed by atoms with E-state index in [0.29, 0.717) is 11.3 Å². The monoisotopic (exact) mass is 301 g/mol. The Bertz CT molecular complexity index is 614. The van der Waals surface area contributed by atoms with Crippen LogP contribution in [0, 0.1) is 11.6 Å². The van der Waals surface area contributed by atoms with E-state index in [4.69, 9.17) is 0 Å². The van der Waals surface area contributed by atoms with E-state index in [1.54, 1.807) is 0 Å². The molecule has 2 aromatic rings. The molecule has 0 amide bonds. The van der Waals surface area contributed by atoms with Crippen molar-refractivity contribution >= 4 is 5.69 Å². The molecule has 0 saturated carbocycles. The number of nitrogens with one attached hydrogen (secondary N) is 1. The van der Waals surface area contributed by atoms with E-state index in [9.17, 15) is 22.7 Å². The molecule has 0 aliphatic rings. The number of alkyl halides is 2. The molecule has 0 aliphatic heterocycles. The first-order valence-corrected chi connectivity index (χ1v) is 5.91. The van der Waals surface area contributed by atoms with Gasteiger partial charge in [-0.1, -0.05) is 0 Å². The predicted molar refractivity (Wildman–Crippen MR) is 68.4 cm³/mol. The molecule has 0 atom stereocenters. The van der Waals surface area contributed by atoms with Gasteiger partial charge >= 0.3 is 6.61 Å². The average molecular weight is 301 g/mol. The molecule has 7 heteroatoms. The van der Waals surface area contributed by atoms with Gasteiger partial charge in [0.25, 0.3) is 0 Å². The Morgan fingerprint density at radius 2 is 1.86 bits per heavy atom. The molecule has 112 valence electrons. The Labute approximate surface area is 117 Å². The summed E-state index contributed by atoms with van der Waals surface area (Å²) in [4.78, 5) is 0. The van der Waals surface area contributed by atoms with Crippen LogP contribution in [-0.4, -0.2) is 11.7 Å². The van der Waals surface area contributed by atoms with Crippen molar-refractivity contribution in [2.45, 2.75) is 13.2 Å². The second-order valence-electron chi connectivity index (χ2n) is 4.19. The summed E-state index contributed by atoms with van der Waals surface area (Å²) in [5.74, 6) is -2.32. The second-order valence-corrected chi connectivity index (χ2v) is 4.19. The maximum absolute atomic E-state index is 13.5. The standard InChI is InChI=1S/C14H11F4NO2/c15-9-3-8(4-11(20)5-9)7-19-10-1-2-13(12(16)6-10)21-14(17)18/h1-6,14,19-20H,7H2. The van der Waals surface area contributed by atoms with Crippen molar-refractivity contribution < 1.29 is 27.4 Å². The smallest absolute Gasteiger partial charge is 0.387 e. The van der Waals surface area contributed by atoms with Gasteiger partial charge < -0.3 is 15.2 Å². The number of benzene rings is 2. The first-order chi connectivity index (χ1) is 9.94. The van der Waals surface area contributed by atoms with Crippen LogP contribution in [-0.2, 0) is 6.54 Å². The highest BCUT2D eigenvalue weighted by Gasteiger charge is 2.10. The Morgan fingerprint density at radius 1 is 1.10 bits per heavy atom. The van der Waals surface area contributed by atoms with Crippen molar-refractivity contribution in [1.29, 1.82) is 0 Å². The minimum atomic E-state index is -3.10. The van der Waals surface area contributed by atoms with Crippen molar-refractivity contribution in [3.63, 3.8) is 0 Å². The fourth-order valence-corrected chi connectivity index (χ4v) is 1.74. The minimum Gasteiger partial charge on any atom is -0.508 e. The third-order valence-electron chi connectivity index (χ3n) is 2.59. The highest BCUT2D eigenvalue weighted by molar-refractivity contribution is 5.48. The molecule has 0 bridgehead atoms. The van der Waals surface area contributed by atoms with Crippen LogP contribution in [0.25, 0.3) is 0 Å². The first kappa shape index (κ1) is 15.0. The van der Waals surface area contributed by atoms with Gasteiger partial charge in [0.05, 0.1) is 0 Å². The van der Waals surface area contributed by atoms with Gasteiger partial charge in [-0.2, -0.15) is 8.78 Å². The number of halogens is 4. The highest BCUT2D eigenvalue weighted by atomic mass is 19.3. The van der Waals surface area contributed by atoms with Crippen LogP contribution in [0.5, 0.6) is 11.5 Å². The first-order valence-electron chi connectivity index (χ1n) is 5.91. The summed E-state index contributed by atoms with van der Waals surface area (Å²) < 4.78 is 54.5. The SMILES string of the molecule is Oc1cc(F)cc(CNc2ccc(OC(F)F)c(F)c2)c1. The summed E-state index contributed by atoms with van der Waals surface area (Å²) in [5.41, 5.74) is 0.749. The molecule has 0 radical (unpaired) electrons. The molecule has 3 nitrogen and oxygen atoms in total. The molecule has 0 aliphatic carbocycles. The number of hydrogen-bond acceptors (Lipinski definition) is 3. The lowest BCUT2D eigenvalue weighted by Crippen LogP contribution is -2.05. The van der Waals surface area contributed by atoms with Crippen LogP contribution in [0.1, 0.15) is 5.56 Å². The fraction of sp³-hybridized carbons (Fsp3) is 0.143. The number of phenols is 1. The second kappa shape index (κ2) is 6.34. The van der Waals surface area contributed by atoms with Gasteiger partial charge in [-0.25, -0.2) is 8.78 Å². The summed E-state index contributed by atoms with van der Waals surface area (Å²) in [5, 5.41) is 12.0. The van der Waals surface area contributed by atoms with E-state index in [-0.39, 0.29) is 12.3 Å². The number of hydrogen-bond donors (Lipinski definition) is 2. The summed E-state index contributed by atoms with van der Waals surface area (Å²) in [7, 11) is 0. The van der Waals surface area contributed by atoms with Crippen LogP contribution < -0.4 is 10.1 Å². The Hall–Kier alpha value is -2.44. The van der Waals surface area contributed by atoms with Crippen LogP contribution >= 0.6 is 0 Å². The topological polar surface area (TPSA) is 41.5 Å². The van der Waals surface area contributed by atoms with Gasteiger partial charge in [0.15, 0.2) is 11.6 Å². The molecule has 2 aromatic carbocycles. The van der Waals surface area contributed by atoms with Crippen LogP contribution in [0.4, 0.5) is 23.2 Å². The van der Waals surface area contributed by atoms with Crippen LogP contribution in [0.15, 0.2) is 36.4 Å². The van der Waals surface area contributed by atoms with Gasteiger partial charge in [-0.05, 0) is 29.8 Å². The Balaban J connectivity index is 2.05. The minimum absolute atomic E-state index is 0.125. The lowest BCUT2D eigenvalue weighted by molar-refractivity contribution is -0.0521. The molecule has 0 unspecified atom stereocenters. The van der Waals surface area contributed by atoms with Gasteiger partial charge in [-0.15, -0.1) is 0 Å². The number of aromatic hydroxyl groups is 1. The number of anilines is 1. The Morgan fingerprint density at radius 3 is 2.48 bits per heavy atom. The third-order valence-corrected chi connectivity index (χ3v) is 2.59. The lowest BCUT2D eigenvalue weighted by atomic mass is 10.2. The maximum atomic E-state index is 13.5. The molecule has 0 saturated heterocycles. The molecule has 0 fully saturated rings. The van der Waals surface area contributed by atoms with Crippen LogP contribution in [0.2, 0.25) is 0 Å². The molecule has 2 N–H and O–H groups in total. The molecule has 0 spiro atoms. The summed E-state index contributed by atoms with van der Waals surface area (Å²) in [6, 6.07) is 6.90. The van der Waals surface area contributed by atoms with Gasteiger partial charge in [0.1, 0.15) is 11.6 Å².